The van der Waals surface area contributed by atoms with Crippen LogP contribution in [0.1, 0.15) is 140 Å². The van der Waals surface area contributed by atoms with Crippen LogP contribution in [0.3, 0.4) is 0 Å². The summed E-state index contributed by atoms with van der Waals surface area (Å²) in [6.45, 7) is 42.2. The molecule has 0 saturated heterocycles. The maximum Gasteiger partial charge on any atom is 0.252 e. The van der Waals surface area contributed by atoms with Crippen LogP contribution in [0.15, 0.2) is 91.0 Å². The minimum Gasteiger partial charge on any atom is -0.342 e. The molecule has 3 heterocycles. The Bertz CT molecular complexity index is 2470. The first-order chi connectivity index (χ1) is 27.1. The van der Waals surface area contributed by atoms with E-state index in [4.69, 9.17) is 0 Å². The molecule has 59 heavy (non-hydrogen) atoms. The highest BCUT2D eigenvalue weighted by molar-refractivity contribution is 7.00. The Labute approximate surface area is 357 Å². The molecule has 0 atom stereocenters. The summed E-state index contributed by atoms with van der Waals surface area (Å²) in [4.78, 5) is 10.4. The van der Waals surface area contributed by atoms with Gasteiger partial charge in [-0.15, -0.1) is 0 Å². The van der Waals surface area contributed by atoms with Gasteiger partial charge < -0.3 is 19.6 Å². The van der Waals surface area contributed by atoms with Crippen LogP contribution in [-0.4, -0.2) is 23.5 Å². The Balaban J connectivity index is 1.46. The molecule has 8 rings (SSSR count). The summed E-state index contributed by atoms with van der Waals surface area (Å²) >= 11 is 0. The lowest BCUT2D eigenvalue weighted by Gasteiger charge is -2.51. The number of nitrogens with zero attached hydrogens (tertiary/aromatic N) is 4. The van der Waals surface area contributed by atoms with Crippen molar-refractivity contribution < 1.29 is 0 Å². The Hall–Kier alpha value is -4.64. The van der Waals surface area contributed by atoms with Crippen LogP contribution < -0.4 is 36.0 Å². The van der Waals surface area contributed by atoms with Crippen molar-refractivity contribution in [2.75, 3.05) is 19.6 Å². The second-order valence-corrected chi connectivity index (χ2v) is 23.3. The van der Waals surface area contributed by atoms with Crippen molar-refractivity contribution in [2.24, 2.45) is 0 Å². The topological polar surface area (TPSA) is 13.0 Å². The molecule has 0 aliphatic carbocycles. The zero-order valence-electron chi connectivity index (χ0n) is 39.5. The van der Waals surface area contributed by atoms with E-state index in [0.717, 1.165) is 0 Å². The number of rotatable bonds is 2. The SMILES string of the molecule is Cc1cc2c3c(c1)N(c1ccc4c(c1)N(C(C)(C)C)C(C)(C)N4C(C)(C)C)c1ccc(C(C)(C)C)cc1B3c1cc(C(C)(C)C)ccc1N2c1ccc(C(C)(C)C)cc1. The monoisotopic (exact) mass is 785 g/mol. The molecule has 0 N–H and O–H groups in total. The molecule has 0 radical (unpaired) electrons. The number of hydrogen-bond donors (Lipinski definition) is 0. The van der Waals surface area contributed by atoms with Gasteiger partial charge in [0.05, 0.1) is 11.4 Å². The molecule has 0 fully saturated rings. The zero-order valence-corrected chi connectivity index (χ0v) is 39.5. The predicted molar refractivity (Wildman–Crippen MR) is 260 cm³/mol. The number of fused-ring (bicyclic) bond motifs is 5. The van der Waals surface area contributed by atoms with E-state index >= 15 is 0 Å². The van der Waals surface area contributed by atoms with Gasteiger partial charge in [0, 0.05) is 45.2 Å². The second-order valence-electron chi connectivity index (χ2n) is 23.3. The lowest BCUT2D eigenvalue weighted by Crippen LogP contribution is -2.63. The summed E-state index contributed by atoms with van der Waals surface area (Å²) in [7, 11) is 0. The van der Waals surface area contributed by atoms with Crippen molar-refractivity contribution in [1.29, 1.82) is 0 Å². The highest BCUT2D eigenvalue weighted by Gasteiger charge is 2.51. The lowest BCUT2D eigenvalue weighted by molar-refractivity contribution is 0.313. The third kappa shape index (κ3) is 6.57. The largest absolute Gasteiger partial charge is 0.342 e. The van der Waals surface area contributed by atoms with Crippen molar-refractivity contribution in [3.05, 3.63) is 113 Å². The second kappa shape index (κ2) is 12.9. The van der Waals surface area contributed by atoms with Gasteiger partial charge in [-0.25, -0.2) is 0 Å². The van der Waals surface area contributed by atoms with Gasteiger partial charge in [0.1, 0.15) is 5.66 Å². The molecule has 0 saturated carbocycles. The third-order valence-electron chi connectivity index (χ3n) is 13.1. The van der Waals surface area contributed by atoms with Crippen molar-refractivity contribution in [3.63, 3.8) is 0 Å². The Morgan fingerprint density at radius 1 is 0.407 bits per heavy atom. The number of anilines is 8. The van der Waals surface area contributed by atoms with Crippen LogP contribution in [0.2, 0.25) is 0 Å². The summed E-state index contributed by atoms with van der Waals surface area (Å²) in [5.74, 6) is 0. The molecule has 0 spiro atoms. The van der Waals surface area contributed by atoms with Crippen LogP contribution in [0.5, 0.6) is 0 Å². The molecule has 4 nitrogen and oxygen atoms in total. The number of benzene rings is 5. The van der Waals surface area contributed by atoms with Crippen LogP contribution in [0, 0.1) is 6.92 Å². The van der Waals surface area contributed by atoms with Gasteiger partial charge in [-0.2, -0.15) is 0 Å². The number of aryl methyl sites for hydroxylation is 1. The van der Waals surface area contributed by atoms with Crippen molar-refractivity contribution >= 4 is 68.6 Å². The van der Waals surface area contributed by atoms with Gasteiger partial charge in [-0.3, -0.25) is 0 Å². The first kappa shape index (κ1) is 41.1. The molecule has 3 aliphatic rings. The van der Waals surface area contributed by atoms with Gasteiger partial charge in [-0.1, -0.05) is 98.7 Å². The summed E-state index contributed by atoms with van der Waals surface area (Å²) in [6, 6.07) is 36.2. The lowest BCUT2D eigenvalue weighted by atomic mass is 9.33. The average Bonchev–Trinajstić information content (AvgIpc) is 3.36. The third-order valence-corrected chi connectivity index (χ3v) is 13.1. The Morgan fingerprint density at radius 3 is 1.24 bits per heavy atom. The Kier molecular flexibility index (Phi) is 9.01. The van der Waals surface area contributed by atoms with E-state index in [1.165, 1.54) is 84.1 Å². The van der Waals surface area contributed by atoms with Gasteiger partial charge in [-0.05, 0) is 172 Å². The standard InChI is InChI=1S/C54H69BN4/c1-34-29-46-48-47(30-34)57(39-25-28-44-45(33-39)59(53(14,15)16)54(17,18)58(44)52(11,12)13)43-27-22-37(51(8,9)10)32-41(43)55(48)40-31-36(50(5,6)7)21-26-42(40)56(46)38-23-19-35(20-24-38)49(2,3)4/h19-33H,1-18H3. The van der Waals surface area contributed by atoms with Crippen LogP contribution in [-0.2, 0) is 16.2 Å². The summed E-state index contributed by atoms with van der Waals surface area (Å²) in [5, 5.41) is 0. The van der Waals surface area contributed by atoms with Crippen molar-refractivity contribution in [2.45, 2.75) is 158 Å². The van der Waals surface area contributed by atoms with Crippen LogP contribution >= 0.6 is 0 Å². The average molecular weight is 785 g/mol. The van der Waals surface area contributed by atoms with Crippen LogP contribution in [0.25, 0.3) is 0 Å². The zero-order chi connectivity index (χ0) is 43.2. The Morgan fingerprint density at radius 2 is 0.797 bits per heavy atom. The molecule has 5 aromatic carbocycles. The van der Waals surface area contributed by atoms with Gasteiger partial charge in [0.15, 0.2) is 0 Å². The molecule has 0 bridgehead atoms. The van der Waals surface area contributed by atoms with E-state index < -0.39 is 0 Å². The molecular weight excluding hydrogens is 715 g/mol. The van der Waals surface area contributed by atoms with E-state index in [1.54, 1.807) is 0 Å². The maximum absolute atomic E-state index is 2.65. The molecule has 308 valence electrons. The fraction of sp³-hybridized carbons (Fsp3) is 0.444. The van der Waals surface area contributed by atoms with E-state index in [2.05, 4.69) is 235 Å². The molecule has 5 aromatic rings. The van der Waals surface area contributed by atoms with Crippen molar-refractivity contribution in [3.8, 4) is 0 Å². The highest BCUT2D eigenvalue weighted by atomic mass is 15.5. The first-order valence-corrected chi connectivity index (χ1v) is 22.0. The van der Waals surface area contributed by atoms with Gasteiger partial charge in [0.2, 0.25) is 0 Å². The van der Waals surface area contributed by atoms with E-state index in [-0.39, 0.29) is 39.7 Å². The van der Waals surface area contributed by atoms with E-state index in [1.807, 2.05) is 0 Å². The normalized spacial score (nSPS) is 16.3. The molecule has 5 heteroatoms. The maximum atomic E-state index is 2.65. The van der Waals surface area contributed by atoms with E-state index in [9.17, 15) is 0 Å². The molecule has 0 amide bonds. The fourth-order valence-corrected chi connectivity index (χ4v) is 10.8. The molecular formula is C54H69BN4. The van der Waals surface area contributed by atoms with Crippen LogP contribution in [0.4, 0.5) is 45.5 Å². The minimum atomic E-state index is -0.232. The number of hydrogen-bond acceptors (Lipinski definition) is 4. The van der Waals surface area contributed by atoms with Crippen molar-refractivity contribution in [1.82, 2.24) is 0 Å². The first-order valence-electron chi connectivity index (χ1n) is 22.0. The quantitative estimate of drug-likeness (QED) is 0.162. The fourth-order valence-electron chi connectivity index (χ4n) is 10.8. The predicted octanol–water partition coefficient (Wildman–Crippen LogP) is 12.9. The van der Waals surface area contributed by atoms with E-state index in [0.29, 0.717) is 0 Å². The van der Waals surface area contributed by atoms with Gasteiger partial charge >= 0.3 is 0 Å². The summed E-state index contributed by atoms with van der Waals surface area (Å²) in [5.41, 5.74) is 19.1. The molecule has 3 aliphatic heterocycles. The highest BCUT2D eigenvalue weighted by Crippen LogP contribution is 2.54. The molecule has 0 aromatic heterocycles. The summed E-state index contributed by atoms with van der Waals surface area (Å²) in [6.07, 6.45) is 0. The molecule has 0 unspecified atom stereocenters. The van der Waals surface area contributed by atoms with Gasteiger partial charge in [0.25, 0.3) is 6.71 Å². The summed E-state index contributed by atoms with van der Waals surface area (Å²) < 4.78 is 0. The minimum absolute atomic E-state index is 0.000546. The smallest absolute Gasteiger partial charge is 0.252 e.